The number of nitrogens with zero attached hydrogens (tertiary/aromatic N) is 1. The molecule has 0 radical (unpaired) electrons. The first-order valence-electron chi connectivity index (χ1n) is 7.60. The minimum atomic E-state index is -0.321. The molecule has 6 nitrogen and oxygen atoms in total. The van der Waals surface area contributed by atoms with E-state index in [-0.39, 0.29) is 11.8 Å². The van der Waals surface area contributed by atoms with Gasteiger partial charge in [0.15, 0.2) is 0 Å². The van der Waals surface area contributed by atoms with Crippen LogP contribution in [0.25, 0.3) is 0 Å². The van der Waals surface area contributed by atoms with E-state index in [9.17, 15) is 9.59 Å². The summed E-state index contributed by atoms with van der Waals surface area (Å²) in [5, 5.41) is 6.82. The lowest BCUT2D eigenvalue weighted by atomic mass is 10.1. The minimum absolute atomic E-state index is 0.0732. The fourth-order valence-corrected chi connectivity index (χ4v) is 1.94. The molecular weight excluding hydrogens is 304 g/mol. The van der Waals surface area contributed by atoms with Crippen LogP contribution in [0.5, 0.6) is 0 Å². The van der Waals surface area contributed by atoms with Crippen molar-refractivity contribution in [3.8, 4) is 0 Å². The second-order valence-electron chi connectivity index (χ2n) is 5.24. The van der Waals surface area contributed by atoms with Gasteiger partial charge in [-0.05, 0) is 48.9 Å². The normalized spacial score (nSPS) is 11.0. The molecule has 0 bridgehead atoms. The first kappa shape index (κ1) is 17.2. The van der Waals surface area contributed by atoms with Crippen molar-refractivity contribution in [1.29, 1.82) is 0 Å². The number of hydrogen-bond donors (Lipinski definition) is 3. The van der Waals surface area contributed by atoms with Gasteiger partial charge in [0.1, 0.15) is 0 Å². The van der Waals surface area contributed by atoms with E-state index in [0.29, 0.717) is 29.1 Å². The Morgan fingerprint density at radius 3 is 2.17 bits per heavy atom. The monoisotopic (exact) mass is 324 g/mol. The zero-order valence-electron chi connectivity index (χ0n) is 13.7. The van der Waals surface area contributed by atoms with Gasteiger partial charge in [-0.15, -0.1) is 0 Å². The number of nitrogens with one attached hydrogen (secondary N) is 2. The summed E-state index contributed by atoms with van der Waals surface area (Å²) in [6.07, 6.45) is 0.404. The van der Waals surface area contributed by atoms with Crippen molar-refractivity contribution >= 4 is 28.9 Å². The molecule has 0 spiro atoms. The lowest BCUT2D eigenvalue weighted by Gasteiger charge is -2.06. The molecule has 2 aromatic rings. The Hall–Kier alpha value is -3.15. The van der Waals surface area contributed by atoms with E-state index in [0.717, 1.165) is 5.56 Å². The zero-order valence-corrected chi connectivity index (χ0v) is 13.7. The molecule has 0 saturated heterocycles. The van der Waals surface area contributed by atoms with E-state index in [1.54, 1.807) is 50.2 Å². The van der Waals surface area contributed by atoms with Crippen molar-refractivity contribution in [1.82, 2.24) is 5.43 Å². The lowest BCUT2D eigenvalue weighted by molar-refractivity contribution is -0.115. The Kier molecular flexibility index (Phi) is 5.68. The zero-order chi connectivity index (χ0) is 17.5. The molecule has 0 atom stereocenters. The molecule has 2 amide bonds. The van der Waals surface area contributed by atoms with Crippen LogP contribution in [0.4, 0.5) is 11.4 Å². The van der Waals surface area contributed by atoms with Crippen LogP contribution in [0.1, 0.15) is 36.2 Å². The summed E-state index contributed by atoms with van der Waals surface area (Å²) >= 11 is 0. The first-order valence-corrected chi connectivity index (χ1v) is 7.60. The Morgan fingerprint density at radius 2 is 1.58 bits per heavy atom. The maximum atomic E-state index is 12.1. The van der Waals surface area contributed by atoms with Crippen LogP contribution in [0.3, 0.4) is 0 Å². The molecule has 0 heterocycles. The molecule has 0 saturated carbocycles. The smallest absolute Gasteiger partial charge is 0.271 e. The quantitative estimate of drug-likeness (QED) is 0.448. The van der Waals surface area contributed by atoms with E-state index >= 15 is 0 Å². The van der Waals surface area contributed by atoms with Gasteiger partial charge in [-0.25, -0.2) is 5.43 Å². The summed E-state index contributed by atoms with van der Waals surface area (Å²) in [5.41, 5.74) is 11.5. The number of amides is 2. The summed E-state index contributed by atoms with van der Waals surface area (Å²) in [6, 6.07) is 13.9. The minimum Gasteiger partial charge on any atom is -0.399 e. The van der Waals surface area contributed by atoms with Gasteiger partial charge in [0.2, 0.25) is 5.91 Å². The molecule has 6 heteroatoms. The first-order chi connectivity index (χ1) is 11.5. The van der Waals surface area contributed by atoms with Gasteiger partial charge in [0, 0.05) is 23.4 Å². The Bertz CT molecular complexity index is 750. The second-order valence-corrected chi connectivity index (χ2v) is 5.24. The Morgan fingerprint density at radius 1 is 1.00 bits per heavy atom. The average molecular weight is 324 g/mol. The largest absolute Gasteiger partial charge is 0.399 e. The molecule has 0 aliphatic heterocycles. The number of hydrazone groups is 1. The third-order valence-electron chi connectivity index (χ3n) is 3.41. The number of nitrogen functional groups attached to an aromatic ring is 1. The van der Waals surface area contributed by atoms with Crippen LogP contribution >= 0.6 is 0 Å². The predicted octanol–water partition coefficient (Wildman–Crippen LogP) is 2.77. The number of rotatable bonds is 5. The Balaban J connectivity index is 2.00. The van der Waals surface area contributed by atoms with Crippen LogP contribution in [-0.2, 0) is 4.79 Å². The fraction of sp³-hybridized carbons (Fsp3) is 0.167. The Labute approximate surface area is 140 Å². The molecule has 0 aliphatic carbocycles. The van der Waals surface area contributed by atoms with Crippen molar-refractivity contribution in [2.24, 2.45) is 5.10 Å². The molecule has 0 fully saturated rings. The van der Waals surface area contributed by atoms with Crippen LogP contribution in [0.2, 0.25) is 0 Å². The number of nitrogens with two attached hydrogens (primary N) is 1. The average Bonchev–Trinajstić information content (AvgIpc) is 2.60. The highest BCUT2D eigenvalue weighted by atomic mass is 16.2. The third-order valence-corrected chi connectivity index (χ3v) is 3.41. The maximum Gasteiger partial charge on any atom is 0.271 e. The van der Waals surface area contributed by atoms with Crippen LogP contribution in [-0.4, -0.2) is 17.5 Å². The number of carbonyl (C=O) groups excluding carboxylic acids is 2. The highest BCUT2D eigenvalue weighted by molar-refractivity contribution is 6.01. The number of carbonyl (C=O) groups is 2. The van der Waals surface area contributed by atoms with Crippen molar-refractivity contribution < 1.29 is 9.59 Å². The molecule has 0 aromatic heterocycles. The second kappa shape index (κ2) is 7.92. The van der Waals surface area contributed by atoms with Gasteiger partial charge in [0.25, 0.3) is 5.91 Å². The van der Waals surface area contributed by atoms with Gasteiger partial charge < -0.3 is 11.1 Å². The van der Waals surface area contributed by atoms with Crippen molar-refractivity contribution in [2.75, 3.05) is 11.1 Å². The maximum absolute atomic E-state index is 12.1. The molecule has 124 valence electrons. The summed E-state index contributed by atoms with van der Waals surface area (Å²) < 4.78 is 0. The SMILES string of the molecule is CCC(=O)Nc1ccc(C(=O)NN=C(C)c2ccc(N)cc2)cc1. The summed E-state index contributed by atoms with van der Waals surface area (Å²) in [4.78, 5) is 23.4. The molecule has 2 rings (SSSR count). The van der Waals surface area contributed by atoms with E-state index < -0.39 is 0 Å². The van der Waals surface area contributed by atoms with Crippen LogP contribution in [0.15, 0.2) is 53.6 Å². The fourth-order valence-electron chi connectivity index (χ4n) is 1.94. The topological polar surface area (TPSA) is 96.6 Å². The molecule has 0 aliphatic rings. The number of anilines is 2. The lowest BCUT2D eigenvalue weighted by Crippen LogP contribution is -2.19. The van der Waals surface area contributed by atoms with E-state index in [2.05, 4.69) is 15.8 Å². The number of benzene rings is 2. The highest BCUT2D eigenvalue weighted by Crippen LogP contribution is 2.10. The molecule has 24 heavy (non-hydrogen) atoms. The molecule has 2 aromatic carbocycles. The van der Waals surface area contributed by atoms with E-state index in [4.69, 9.17) is 5.73 Å². The van der Waals surface area contributed by atoms with Crippen LogP contribution < -0.4 is 16.5 Å². The van der Waals surface area contributed by atoms with E-state index in [1.165, 1.54) is 0 Å². The van der Waals surface area contributed by atoms with Gasteiger partial charge >= 0.3 is 0 Å². The number of hydrogen-bond acceptors (Lipinski definition) is 4. The standard InChI is InChI=1S/C18H20N4O2/c1-3-17(23)20-16-10-6-14(7-11-16)18(24)22-21-12(2)13-4-8-15(19)9-5-13/h4-11H,3,19H2,1-2H3,(H,20,23)(H,22,24). The van der Waals surface area contributed by atoms with Gasteiger partial charge in [-0.2, -0.15) is 5.10 Å². The summed E-state index contributed by atoms with van der Waals surface area (Å²) in [6.45, 7) is 3.58. The molecule has 0 unspecified atom stereocenters. The van der Waals surface area contributed by atoms with Crippen molar-refractivity contribution in [2.45, 2.75) is 20.3 Å². The summed E-state index contributed by atoms with van der Waals surface area (Å²) in [5.74, 6) is -0.394. The van der Waals surface area contributed by atoms with Gasteiger partial charge in [-0.3, -0.25) is 9.59 Å². The third kappa shape index (κ3) is 4.67. The van der Waals surface area contributed by atoms with E-state index in [1.807, 2.05) is 12.1 Å². The van der Waals surface area contributed by atoms with Gasteiger partial charge in [-0.1, -0.05) is 19.1 Å². The van der Waals surface area contributed by atoms with Gasteiger partial charge in [0.05, 0.1) is 5.71 Å². The highest BCUT2D eigenvalue weighted by Gasteiger charge is 2.06. The summed E-state index contributed by atoms with van der Waals surface area (Å²) in [7, 11) is 0. The van der Waals surface area contributed by atoms with Crippen molar-refractivity contribution in [3.63, 3.8) is 0 Å². The molecular formula is C18H20N4O2. The molecule has 4 N–H and O–H groups in total. The predicted molar refractivity (Wildman–Crippen MR) is 95.9 cm³/mol. The van der Waals surface area contributed by atoms with Crippen LogP contribution in [0, 0.1) is 0 Å². The van der Waals surface area contributed by atoms with Crippen molar-refractivity contribution in [3.05, 3.63) is 59.7 Å².